The number of carbonyl (C=O) groups excluding carboxylic acids is 2. The molecule has 15 heavy (non-hydrogen) atoms. The lowest BCUT2D eigenvalue weighted by Crippen LogP contribution is -2.42. The molecule has 1 saturated heterocycles. The summed E-state index contributed by atoms with van der Waals surface area (Å²) in [5, 5.41) is 2.56. The molecule has 1 N–H and O–H groups in total. The molecule has 0 aromatic heterocycles. The molecular formula is C11H18N2O2. The van der Waals surface area contributed by atoms with E-state index in [1.54, 1.807) is 13.0 Å². The number of piperidine rings is 1. The van der Waals surface area contributed by atoms with Crippen molar-refractivity contribution in [3.63, 3.8) is 0 Å². The van der Waals surface area contributed by atoms with E-state index in [1.165, 1.54) is 12.5 Å². The molecule has 0 aliphatic carbocycles. The van der Waals surface area contributed by atoms with E-state index in [0.29, 0.717) is 0 Å². The summed E-state index contributed by atoms with van der Waals surface area (Å²) in [4.78, 5) is 24.5. The normalized spacial score (nSPS) is 16.7. The van der Waals surface area contributed by atoms with Crippen molar-refractivity contribution < 1.29 is 9.59 Å². The summed E-state index contributed by atoms with van der Waals surface area (Å²) in [5.41, 5.74) is 0. The Morgan fingerprint density at radius 3 is 2.53 bits per heavy atom. The number of amides is 2. The van der Waals surface area contributed by atoms with E-state index >= 15 is 0 Å². The number of carbonyl (C=O) groups is 2. The zero-order chi connectivity index (χ0) is 11.1. The zero-order valence-corrected chi connectivity index (χ0v) is 9.16. The molecule has 0 saturated carbocycles. The smallest absolute Gasteiger partial charge is 0.244 e. The van der Waals surface area contributed by atoms with Crippen LogP contribution in [0.4, 0.5) is 0 Å². The zero-order valence-electron chi connectivity index (χ0n) is 9.16. The van der Waals surface area contributed by atoms with Crippen LogP contribution in [0.25, 0.3) is 0 Å². The van der Waals surface area contributed by atoms with E-state index < -0.39 is 0 Å². The standard InChI is InChI=1S/C11H18N2O2/c1-2-6-10(14)12-9-11(15)13-7-4-3-5-8-13/h2,6H,3-5,7-9H2,1H3,(H,12,14)/b6-2+. The quantitative estimate of drug-likeness (QED) is 0.697. The number of nitrogens with zero attached hydrogens (tertiary/aromatic N) is 1. The van der Waals surface area contributed by atoms with Gasteiger partial charge in [0.25, 0.3) is 0 Å². The van der Waals surface area contributed by atoms with Crippen LogP contribution in [0.1, 0.15) is 26.2 Å². The van der Waals surface area contributed by atoms with E-state index in [1.807, 2.05) is 4.90 Å². The van der Waals surface area contributed by atoms with Crippen LogP contribution in [0.2, 0.25) is 0 Å². The number of likely N-dealkylation sites (tertiary alicyclic amines) is 1. The van der Waals surface area contributed by atoms with Crippen LogP contribution in [-0.4, -0.2) is 36.3 Å². The van der Waals surface area contributed by atoms with Crippen molar-refractivity contribution in [2.24, 2.45) is 0 Å². The molecule has 0 aromatic carbocycles. The van der Waals surface area contributed by atoms with Crippen LogP contribution < -0.4 is 5.32 Å². The Balaban J connectivity index is 2.25. The third-order valence-electron chi connectivity index (χ3n) is 2.44. The fourth-order valence-corrected chi connectivity index (χ4v) is 1.63. The number of allylic oxidation sites excluding steroid dienone is 1. The molecule has 1 aliphatic rings. The highest BCUT2D eigenvalue weighted by atomic mass is 16.2. The fraction of sp³-hybridized carbons (Fsp3) is 0.636. The fourth-order valence-electron chi connectivity index (χ4n) is 1.63. The van der Waals surface area contributed by atoms with Crippen molar-refractivity contribution in [3.05, 3.63) is 12.2 Å². The minimum atomic E-state index is -0.206. The maximum atomic E-state index is 11.6. The molecule has 1 fully saturated rings. The van der Waals surface area contributed by atoms with Crippen LogP contribution in [0.15, 0.2) is 12.2 Å². The third kappa shape index (κ3) is 4.14. The highest BCUT2D eigenvalue weighted by Gasteiger charge is 2.16. The summed E-state index contributed by atoms with van der Waals surface area (Å²) in [5.74, 6) is -0.185. The van der Waals surface area contributed by atoms with Crippen LogP contribution in [0, 0.1) is 0 Å². The molecule has 0 aromatic rings. The van der Waals surface area contributed by atoms with Crippen LogP contribution in [0.3, 0.4) is 0 Å². The van der Waals surface area contributed by atoms with Gasteiger partial charge in [0, 0.05) is 13.1 Å². The Bertz CT molecular complexity index is 255. The molecule has 0 radical (unpaired) electrons. The van der Waals surface area contributed by atoms with Crippen molar-refractivity contribution in [2.75, 3.05) is 19.6 Å². The maximum Gasteiger partial charge on any atom is 0.244 e. The molecule has 2 amide bonds. The van der Waals surface area contributed by atoms with Gasteiger partial charge in [0.05, 0.1) is 6.54 Å². The molecule has 4 nitrogen and oxygen atoms in total. The van der Waals surface area contributed by atoms with E-state index in [2.05, 4.69) is 5.32 Å². The molecule has 1 rings (SSSR count). The first-order valence-electron chi connectivity index (χ1n) is 5.42. The Morgan fingerprint density at radius 1 is 1.27 bits per heavy atom. The van der Waals surface area contributed by atoms with Gasteiger partial charge in [-0.2, -0.15) is 0 Å². The summed E-state index contributed by atoms with van der Waals surface area (Å²) in [7, 11) is 0. The third-order valence-corrected chi connectivity index (χ3v) is 2.44. The van der Waals surface area contributed by atoms with Crippen molar-refractivity contribution in [2.45, 2.75) is 26.2 Å². The molecule has 0 atom stereocenters. The van der Waals surface area contributed by atoms with Crippen molar-refractivity contribution >= 4 is 11.8 Å². The van der Waals surface area contributed by atoms with Gasteiger partial charge < -0.3 is 10.2 Å². The van der Waals surface area contributed by atoms with Gasteiger partial charge in [0.15, 0.2) is 0 Å². The molecular weight excluding hydrogens is 192 g/mol. The van der Waals surface area contributed by atoms with E-state index in [4.69, 9.17) is 0 Å². The minimum absolute atomic E-state index is 0.0209. The van der Waals surface area contributed by atoms with E-state index in [0.717, 1.165) is 25.9 Å². The van der Waals surface area contributed by atoms with E-state index in [9.17, 15) is 9.59 Å². The van der Waals surface area contributed by atoms with Gasteiger partial charge in [0.1, 0.15) is 0 Å². The summed E-state index contributed by atoms with van der Waals surface area (Å²) < 4.78 is 0. The number of hydrogen-bond donors (Lipinski definition) is 1. The molecule has 0 bridgehead atoms. The molecule has 0 unspecified atom stereocenters. The van der Waals surface area contributed by atoms with Crippen molar-refractivity contribution in [1.29, 1.82) is 0 Å². The predicted molar refractivity (Wildman–Crippen MR) is 58.3 cm³/mol. The van der Waals surface area contributed by atoms with Gasteiger partial charge in [-0.3, -0.25) is 9.59 Å². The van der Waals surface area contributed by atoms with Crippen molar-refractivity contribution in [3.8, 4) is 0 Å². The lowest BCUT2D eigenvalue weighted by molar-refractivity contribution is -0.132. The Morgan fingerprint density at radius 2 is 1.93 bits per heavy atom. The Kier molecular flexibility index (Phi) is 4.87. The minimum Gasteiger partial charge on any atom is -0.343 e. The van der Waals surface area contributed by atoms with Gasteiger partial charge in [-0.25, -0.2) is 0 Å². The second kappa shape index (κ2) is 6.22. The van der Waals surface area contributed by atoms with Crippen LogP contribution in [0.5, 0.6) is 0 Å². The first-order valence-corrected chi connectivity index (χ1v) is 5.42. The molecule has 4 heteroatoms. The van der Waals surface area contributed by atoms with Crippen molar-refractivity contribution in [1.82, 2.24) is 10.2 Å². The molecule has 1 aliphatic heterocycles. The number of nitrogens with one attached hydrogen (secondary N) is 1. The van der Waals surface area contributed by atoms with Gasteiger partial charge in [-0.05, 0) is 32.3 Å². The summed E-state index contributed by atoms with van der Waals surface area (Å²) >= 11 is 0. The van der Waals surface area contributed by atoms with Gasteiger partial charge in [0.2, 0.25) is 11.8 Å². The Hall–Kier alpha value is -1.32. The van der Waals surface area contributed by atoms with Gasteiger partial charge in [-0.15, -0.1) is 0 Å². The lowest BCUT2D eigenvalue weighted by Gasteiger charge is -2.26. The Labute approximate surface area is 90.3 Å². The van der Waals surface area contributed by atoms with Gasteiger partial charge in [-0.1, -0.05) is 6.08 Å². The summed E-state index contributed by atoms with van der Waals surface area (Å²) in [6, 6.07) is 0. The topological polar surface area (TPSA) is 49.4 Å². The van der Waals surface area contributed by atoms with Crippen LogP contribution >= 0.6 is 0 Å². The maximum absolute atomic E-state index is 11.6. The number of hydrogen-bond acceptors (Lipinski definition) is 2. The monoisotopic (exact) mass is 210 g/mol. The average molecular weight is 210 g/mol. The van der Waals surface area contributed by atoms with E-state index in [-0.39, 0.29) is 18.4 Å². The SMILES string of the molecule is C/C=C/C(=O)NCC(=O)N1CCCCC1. The second-order valence-electron chi connectivity index (χ2n) is 3.66. The van der Waals surface area contributed by atoms with Gasteiger partial charge >= 0.3 is 0 Å². The molecule has 0 spiro atoms. The second-order valence-corrected chi connectivity index (χ2v) is 3.66. The highest BCUT2D eigenvalue weighted by Crippen LogP contribution is 2.07. The van der Waals surface area contributed by atoms with Crippen LogP contribution in [-0.2, 0) is 9.59 Å². The average Bonchev–Trinajstić information content (AvgIpc) is 2.27. The lowest BCUT2D eigenvalue weighted by atomic mass is 10.1. The largest absolute Gasteiger partial charge is 0.343 e. The molecule has 1 heterocycles. The summed E-state index contributed by atoms with van der Waals surface area (Å²) in [6.07, 6.45) is 6.43. The molecule has 84 valence electrons. The predicted octanol–water partition coefficient (Wildman–Crippen LogP) is 0.691. The number of rotatable bonds is 3. The first-order chi connectivity index (χ1) is 7.24. The first kappa shape index (κ1) is 11.8. The summed E-state index contributed by atoms with van der Waals surface area (Å²) in [6.45, 7) is 3.55. The highest BCUT2D eigenvalue weighted by molar-refractivity contribution is 5.91.